The number of aromatic nitrogens is 1. The maximum atomic E-state index is 12.4. The Bertz CT molecular complexity index is 1470. The number of carbonyl (C=O) groups excluding carboxylic acids is 1. The molecule has 5 aromatic rings. The standard InChI is InChI=1S/C30H24N2O4/c1-34-28-19-26-25(18-29(28)35-20-21-8-4-2-5-9-21)27(16-17-31-26)36-24-14-12-23(13-15-24)32-30(33)22-10-6-3-7-11-22/h2-19H,20H2,1H3,(H,32,33). The molecule has 5 rings (SSSR count). The summed E-state index contributed by atoms with van der Waals surface area (Å²) in [6.45, 7) is 0.412. The van der Waals surface area contributed by atoms with Crippen molar-refractivity contribution in [2.45, 2.75) is 6.61 Å². The summed E-state index contributed by atoms with van der Waals surface area (Å²) in [7, 11) is 1.61. The van der Waals surface area contributed by atoms with E-state index in [1.165, 1.54) is 0 Å². The third-order valence-corrected chi connectivity index (χ3v) is 5.60. The number of carbonyl (C=O) groups is 1. The number of hydrogen-bond donors (Lipinski definition) is 1. The van der Waals surface area contributed by atoms with Gasteiger partial charge in [-0.15, -0.1) is 0 Å². The van der Waals surface area contributed by atoms with Crippen LogP contribution in [-0.2, 0) is 6.61 Å². The van der Waals surface area contributed by atoms with Gasteiger partial charge in [-0.3, -0.25) is 9.78 Å². The highest BCUT2D eigenvalue weighted by atomic mass is 16.5. The summed E-state index contributed by atoms with van der Waals surface area (Å²) in [6.07, 6.45) is 1.69. The van der Waals surface area contributed by atoms with Crippen molar-refractivity contribution in [1.82, 2.24) is 4.98 Å². The Kier molecular flexibility index (Phi) is 6.76. The Labute approximate surface area is 209 Å². The molecule has 0 saturated heterocycles. The Morgan fingerprint density at radius 1 is 0.806 bits per heavy atom. The van der Waals surface area contributed by atoms with Crippen molar-refractivity contribution in [3.63, 3.8) is 0 Å². The van der Waals surface area contributed by atoms with Crippen LogP contribution >= 0.6 is 0 Å². The summed E-state index contributed by atoms with van der Waals surface area (Å²) < 4.78 is 17.8. The first-order valence-corrected chi connectivity index (χ1v) is 11.5. The number of fused-ring (bicyclic) bond motifs is 1. The van der Waals surface area contributed by atoms with Gasteiger partial charge in [0, 0.05) is 28.9 Å². The van der Waals surface area contributed by atoms with E-state index in [1.54, 1.807) is 43.6 Å². The molecule has 6 nitrogen and oxygen atoms in total. The minimum atomic E-state index is -0.165. The quantitative estimate of drug-likeness (QED) is 0.265. The number of methoxy groups -OCH3 is 1. The number of ether oxygens (including phenoxy) is 3. The zero-order valence-electron chi connectivity index (χ0n) is 19.7. The topological polar surface area (TPSA) is 69.7 Å². The fourth-order valence-electron chi connectivity index (χ4n) is 3.75. The van der Waals surface area contributed by atoms with E-state index >= 15 is 0 Å². The van der Waals surface area contributed by atoms with Crippen LogP contribution in [0.2, 0.25) is 0 Å². The van der Waals surface area contributed by atoms with Crippen molar-refractivity contribution in [1.29, 1.82) is 0 Å². The molecule has 1 N–H and O–H groups in total. The molecule has 0 saturated carbocycles. The molecular formula is C30H24N2O4. The average Bonchev–Trinajstić information content (AvgIpc) is 2.93. The maximum absolute atomic E-state index is 12.4. The van der Waals surface area contributed by atoms with Crippen molar-refractivity contribution in [2.24, 2.45) is 0 Å². The lowest BCUT2D eigenvalue weighted by Crippen LogP contribution is -2.11. The number of amides is 1. The molecule has 6 heteroatoms. The zero-order chi connectivity index (χ0) is 24.7. The van der Waals surface area contributed by atoms with Crippen LogP contribution in [-0.4, -0.2) is 18.0 Å². The number of pyridine rings is 1. The van der Waals surface area contributed by atoms with Crippen molar-refractivity contribution in [3.8, 4) is 23.0 Å². The van der Waals surface area contributed by atoms with Gasteiger partial charge in [-0.1, -0.05) is 48.5 Å². The van der Waals surface area contributed by atoms with E-state index in [0.29, 0.717) is 40.9 Å². The molecule has 0 aliphatic carbocycles. The van der Waals surface area contributed by atoms with Crippen molar-refractivity contribution < 1.29 is 19.0 Å². The number of anilines is 1. The molecule has 1 amide bonds. The molecule has 1 heterocycles. The molecule has 0 aliphatic rings. The first kappa shape index (κ1) is 22.9. The molecule has 0 atom stereocenters. The number of hydrogen-bond acceptors (Lipinski definition) is 5. The van der Waals surface area contributed by atoms with Gasteiger partial charge in [0.05, 0.1) is 12.6 Å². The van der Waals surface area contributed by atoms with Crippen LogP contribution in [0.4, 0.5) is 5.69 Å². The van der Waals surface area contributed by atoms with Gasteiger partial charge in [-0.2, -0.15) is 0 Å². The number of nitrogens with zero attached hydrogens (tertiary/aromatic N) is 1. The summed E-state index contributed by atoms with van der Waals surface area (Å²) in [6, 6.07) is 31.8. The monoisotopic (exact) mass is 476 g/mol. The molecule has 0 fully saturated rings. The molecule has 1 aromatic heterocycles. The largest absolute Gasteiger partial charge is 0.493 e. The van der Waals surface area contributed by atoms with Crippen LogP contribution in [0.25, 0.3) is 10.9 Å². The van der Waals surface area contributed by atoms with Gasteiger partial charge < -0.3 is 19.5 Å². The predicted molar refractivity (Wildman–Crippen MR) is 140 cm³/mol. The summed E-state index contributed by atoms with van der Waals surface area (Å²) in [4.78, 5) is 16.9. The SMILES string of the molecule is COc1cc2nccc(Oc3ccc(NC(=O)c4ccccc4)cc3)c2cc1OCc1ccccc1. The first-order chi connectivity index (χ1) is 17.7. The summed E-state index contributed by atoms with van der Waals surface area (Å²) >= 11 is 0. The molecule has 0 radical (unpaired) electrons. The lowest BCUT2D eigenvalue weighted by molar-refractivity contribution is 0.102. The average molecular weight is 477 g/mol. The van der Waals surface area contributed by atoms with Gasteiger partial charge in [0.1, 0.15) is 18.1 Å². The highest BCUT2D eigenvalue weighted by Gasteiger charge is 2.13. The second kappa shape index (κ2) is 10.6. The molecule has 0 spiro atoms. The molecule has 0 aliphatic heterocycles. The van der Waals surface area contributed by atoms with Gasteiger partial charge in [0.2, 0.25) is 0 Å². The Morgan fingerprint density at radius 2 is 1.53 bits per heavy atom. The van der Waals surface area contributed by atoms with Crippen LogP contribution in [0.15, 0.2) is 109 Å². The Hall–Kier alpha value is -4.84. The minimum Gasteiger partial charge on any atom is -0.493 e. The fourth-order valence-corrected chi connectivity index (χ4v) is 3.75. The molecule has 178 valence electrons. The van der Waals surface area contributed by atoms with E-state index in [2.05, 4.69) is 10.3 Å². The smallest absolute Gasteiger partial charge is 0.255 e. The Morgan fingerprint density at radius 3 is 2.25 bits per heavy atom. The molecule has 0 bridgehead atoms. The Balaban J connectivity index is 1.35. The van der Waals surface area contributed by atoms with E-state index in [4.69, 9.17) is 14.2 Å². The van der Waals surface area contributed by atoms with Gasteiger partial charge in [0.25, 0.3) is 5.91 Å². The van der Waals surface area contributed by atoms with E-state index in [9.17, 15) is 4.79 Å². The van der Waals surface area contributed by atoms with Crippen molar-refractivity contribution in [3.05, 3.63) is 120 Å². The van der Waals surface area contributed by atoms with Crippen LogP contribution < -0.4 is 19.5 Å². The minimum absolute atomic E-state index is 0.165. The van der Waals surface area contributed by atoms with Crippen molar-refractivity contribution >= 4 is 22.5 Å². The van der Waals surface area contributed by atoms with Gasteiger partial charge in [-0.25, -0.2) is 0 Å². The highest BCUT2D eigenvalue weighted by molar-refractivity contribution is 6.04. The predicted octanol–water partition coefficient (Wildman–Crippen LogP) is 6.87. The maximum Gasteiger partial charge on any atom is 0.255 e. The van der Waals surface area contributed by atoms with Crippen LogP contribution in [0.1, 0.15) is 15.9 Å². The number of benzene rings is 4. The fraction of sp³-hybridized carbons (Fsp3) is 0.0667. The molecular weight excluding hydrogens is 452 g/mol. The number of rotatable bonds is 8. The van der Waals surface area contributed by atoms with Gasteiger partial charge in [-0.05, 0) is 54.1 Å². The lowest BCUT2D eigenvalue weighted by atomic mass is 10.1. The highest BCUT2D eigenvalue weighted by Crippen LogP contribution is 2.37. The lowest BCUT2D eigenvalue weighted by Gasteiger charge is -2.14. The summed E-state index contributed by atoms with van der Waals surface area (Å²) in [5, 5.41) is 3.69. The molecule has 36 heavy (non-hydrogen) atoms. The molecule has 0 unspecified atom stereocenters. The second-order valence-corrected chi connectivity index (χ2v) is 8.05. The second-order valence-electron chi connectivity index (χ2n) is 8.05. The normalized spacial score (nSPS) is 10.6. The van der Waals surface area contributed by atoms with E-state index < -0.39 is 0 Å². The van der Waals surface area contributed by atoms with Gasteiger partial charge >= 0.3 is 0 Å². The van der Waals surface area contributed by atoms with E-state index in [-0.39, 0.29) is 5.91 Å². The summed E-state index contributed by atoms with van der Waals surface area (Å²) in [5.41, 5.74) is 3.06. The van der Waals surface area contributed by atoms with Crippen LogP contribution in [0, 0.1) is 0 Å². The first-order valence-electron chi connectivity index (χ1n) is 11.5. The zero-order valence-corrected chi connectivity index (χ0v) is 19.7. The molecule has 4 aromatic carbocycles. The van der Waals surface area contributed by atoms with Crippen LogP contribution in [0.5, 0.6) is 23.0 Å². The van der Waals surface area contributed by atoms with Gasteiger partial charge in [0.15, 0.2) is 11.5 Å². The van der Waals surface area contributed by atoms with E-state index in [0.717, 1.165) is 16.5 Å². The van der Waals surface area contributed by atoms with E-state index in [1.807, 2.05) is 72.8 Å². The third-order valence-electron chi connectivity index (χ3n) is 5.60. The third kappa shape index (κ3) is 5.28. The van der Waals surface area contributed by atoms with Crippen LogP contribution in [0.3, 0.4) is 0 Å². The summed E-state index contributed by atoms with van der Waals surface area (Å²) in [5.74, 6) is 2.30. The number of nitrogens with one attached hydrogen (secondary N) is 1. The van der Waals surface area contributed by atoms with Crippen molar-refractivity contribution in [2.75, 3.05) is 12.4 Å².